The lowest BCUT2D eigenvalue weighted by molar-refractivity contribution is 0.471. The highest BCUT2D eigenvalue weighted by Crippen LogP contribution is 2.36. The molecule has 128 valence electrons. The summed E-state index contributed by atoms with van der Waals surface area (Å²) in [6, 6.07) is 21.3. The van der Waals surface area contributed by atoms with Crippen LogP contribution in [0.25, 0.3) is 10.9 Å². The van der Waals surface area contributed by atoms with Gasteiger partial charge >= 0.3 is 0 Å². The first-order chi connectivity index (χ1) is 12.7. The van der Waals surface area contributed by atoms with Crippen LogP contribution in [-0.2, 0) is 0 Å². The third-order valence-corrected chi connectivity index (χ3v) is 4.52. The molecule has 0 fully saturated rings. The lowest BCUT2D eigenvalue weighted by Gasteiger charge is -2.22. The molecule has 4 aromatic rings. The van der Waals surface area contributed by atoms with Crippen molar-refractivity contribution in [2.75, 3.05) is 5.32 Å². The smallest absolute Gasteiger partial charge is 0.147 e. The standard InChI is InChI=1S/C22H19N3O/c1-15-7-2-3-9-18(15)25-21(19-10-4-5-13-23-19)17-12-11-16-8-6-14-24-20(16)22(17)26/h2-14,21,25-26H,1H3. The monoisotopic (exact) mass is 341 g/mol. The van der Waals surface area contributed by atoms with E-state index in [0.29, 0.717) is 5.52 Å². The van der Waals surface area contributed by atoms with Crippen LogP contribution in [0.3, 0.4) is 0 Å². The minimum absolute atomic E-state index is 0.180. The topological polar surface area (TPSA) is 58.0 Å². The summed E-state index contributed by atoms with van der Waals surface area (Å²) in [7, 11) is 0. The third kappa shape index (κ3) is 2.97. The number of fused-ring (bicyclic) bond motifs is 1. The Balaban J connectivity index is 1.86. The van der Waals surface area contributed by atoms with Gasteiger partial charge in [0.2, 0.25) is 0 Å². The maximum atomic E-state index is 10.9. The van der Waals surface area contributed by atoms with Gasteiger partial charge < -0.3 is 10.4 Å². The number of anilines is 1. The Morgan fingerprint density at radius 2 is 1.65 bits per heavy atom. The molecule has 0 saturated carbocycles. The highest BCUT2D eigenvalue weighted by molar-refractivity contribution is 5.86. The Bertz CT molecular complexity index is 1050. The van der Waals surface area contributed by atoms with Gasteiger partial charge in [-0.2, -0.15) is 0 Å². The zero-order chi connectivity index (χ0) is 17.9. The van der Waals surface area contributed by atoms with Gasteiger partial charge in [0.15, 0.2) is 0 Å². The predicted molar refractivity (Wildman–Crippen MR) is 104 cm³/mol. The molecule has 2 heterocycles. The number of rotatable bonds is 4. The molecule has 26 heavy (non-hydrogen) atoms. The number of pyridine rings is 2. The lowest BCUT2D eigenvalue weighted by atomic mass is 9.99. The quantitative estimate of drug-likeness (QED) is 0.557. The van der Waals surface area contributed by atoms with Crippen LogP contribution < -0.4 is 5.32 Å². The van der Waals surface area contributed by atoms with E-state index in [9.17, 15) is 5.11 Å². The molecule has 4 heteroatoms. The average molecular weight is 341 g/mol. The van der Waals surface area contributed by atoms with E-state index in [1.54, 1.807) is 12.4 Å². The Morgan fingerprint density at radius 3 is 2.46 bits per heavy atom. The number of hydrogen-bond acceptors (Lipinski definition) is 4. The van der Waals surface area contributed by atoms with Crippen molar-refractivity contribution in [3.63, 3.8) is 0 Å². The summed E-state index contributed by atoms with van der Waals surface area (Å²) in [6.45, 7) is 2.06. The number of nitrogens with one attached hydrogen (secondary N) is 1. The van der Waals surface area contributed by atoms with E-state index in [-0.39, 0.29) is 11.8 Å². The first-order valence-corrected chi connectivity index (χ1v) is 8.54. The number of aromatic hydroxyl groups is 1. The normalized spacial score (nSPS) is 12.0. The molecule has 4 rings (SSSR count). The van der Waals surface area contributed by atoms with Crippen LogP contribution in [-0.4, -0.2) is 15.1 Å². The van der Waals surface area contributed by atoms with Gasteiger partial charge in [-0.15, -0.1) is 0 Å². The molecule has 0 aliphatic rings. The van der Waals surface area contributed by atoms with Gasteiger partial charge in [-0.05, 0) is 36.8 Å². The number of hydrogen-bond donors (Lipinski definition) is 2. The van der Waals surface area contributed by atoms with Crippen molar-refractivity contribution < 1.29 is 5.11 Å². The second-order valence-corrected chi connectivity index (χ2v) is 6.23. The van der Waals surface area contributed by atoms with Crippen LogP contribution in [0.2, 0.25) is 0 Å². The van der Waals surface area contributed by atoms with E-state index < -0.39 is 0 Å². The molecular weight excluding hydrogens is 322 g/mol. The van der Waals surface area contributed by atoms with E-state index in [4.69, 9.17) is 0 Å². The van der Waals surface area contributed by atoms with E-state index in [0.717, 1.165) is 27.9 Å². The third-order valence-electron chi connectivity index (χ3n) is 4.52. The van der Waals surface area contributed by atoms with Gasteiger partial charge in [0.1, 0.15) is 11.3 Å². The molecule has 2 N–H and O–H groups in total. The molecule has 0 radical (unpaired) electrons. The van der Waals surface area contributed by atoms with Crippen LogP contribution in [0, 0.1) is 6.92 Å². The maximum absolute atomic E-state index is 10.9. The lowest BCUT2D eigenvalue weighted by Crippen LogP contribution is -2.15. The minimum Gasteiger partial charge on any atom is -0.505 e. The fraction of sp³-hybridized carbons (Fsp3) is 0.0909. The van der Waals surface area contributed by atoms with Crippen molar-refractivity contribution in [3.05, 3.63) is 95.9 Å². The van der Waals surface area contributed by atoms with Crippen molar-refractivity contribution >= 4 is 16.6 Å². The first kappa shape index (κ1) is 16.1. The van der Waals surface area contributed by atoms with Crippen LogP contribution in [0.5, 0.6) is 5.75 Å². The maximum Gasteiger partial charge on any atom is 0.147 e. The second kappa shape index (κ2) is 6.84. The molecule has 0 bridgehead atoms. The van der Waals surface area contributed by atoms with Gasteiger partial charge in [-0.25, -0.2) is 0 Å². The molecule has 2 aromatic heterocycles. The number of nitrogens with zero attached hydrogens (tertiary/aromatic N) is 2. The molecule has 0 aliphatic heterocycles. The Morgan fingerprint density at radius 1 is 0.846 bits per heavy atom. The second-order valence-electron chi connectivity index (χ2n) is 6.23. The van der Waals surface area contributed by atoms with Gasteiger partial charge in [-0.3, -0.25) is 9.97 Å². The van der Waals surface area contributed by atoms with Gasteiger partial charge in [-0.1, -0.05) is 42.5 Å². The van der Waals surface area contributed by atoms with Crippen molar-refractivity contribution in [2.24, 2.45) is 0 Å². The molecule has 0 saturated heterocycles. The first-order valence-electron chi connectivity index (χ1n) is 8.54. The van der Waals surface area contributed by atoms with Crippen molar-refractivity contribution in [1.82, 2.24) is 9.97 Å². The molecule has 1 unspecified atom stereocenters. The van der Waals surface area contributed by atoms with Crippen LogP contribution in [0.15, 0.2) is 79.1 Å². The predicted octanol–water partition coefficient (Wildman–Crippen LogP) is 4.85. The molecule has 2 aromatic carbocycles. The summed E-state index contributed by atoms with van der Waals surface area (Å²) in [5.74, 6) is 0.180. The number of aryl methyl sites for hydroxylation is 1. The average Bonchev–Trinajstić information content (AvgIpc) is 2.69. The zero-order valence-electron chi connectivity index (χ0n) is 14.4. The zero-order valence-corrected chi connectivity index (χ0v) is 14.4. The molecule has 4 nitrogen and oxygen atoms in total. The molecule has 0 amide bonds. The number of benzene rings is 2. The van der Waals surface area contributed by atoms with Gasteiger partial charge in [0.25, 0.3) is 0 Å². The minimum atomic E-state index is -0.288. The van der Waals surface area contributed by atoms with Crippen LogP contribution >= 0.6 is 0 Å². The highest BCUT2D eigenvalue weighted by Gasteiger charge is 2.21. The number of aromatic nitrogens is 2. The fourth-order valence-corrected chi connectivity index (χ4v) is 3.13. The summed E-state index contributed by atoms with van der Waals surface area (Å²) >= 11 is 0. The summed E-state index contributed by atoms with van der Waals surface area (Å²) in [5, 5.41) is 15.3. The number of phenolic OH excluding ortho intramolecular Hbond substituents is 1. The number of phenols is 1. The molecule has 0 spiro atoms. The highest BCUT2D eigenvalue weighted by atomic mass is 16.3. The summed E-state index contributed by atoms with van der Waals surface area (Å²) in [6.07, 6.45) is 3.45. The summed E-state index contributed by atoms with van der Waals surface area (Å²) in [4.78, 5) is 8.85. The SMILES string of the molecule is Cc1ccccc1NC(c1ccccn1)c1ccc2cccnc2c1O. The van der Waals surface area contributed by atoms with E-state index in [2.05, 4.69) is 28.3 Å². The summed E-state index contributed by atoms with van der Waals surface area (Å²) < 4.78 is 0. The molecule has 1 atom stereocenters. The van der Waals surface area contributed by atoms with Gasteiger partial charge in [0, 0.05) is 29.0 Å². The van der Waals surface area contributed by atoms with Crippen molar-refractivity contribution in [1.29, 1.82) is 0 Å². The van der Waals surface area contributed by atoms with E-state index in [1.165, 1.54) is 0 Å². The van der Waals surface area contributed by atoms with E-state index in [1.807, 2.05) is 60.7 Å². The molecule has 0 aliphatic carbocycles. The Labute approximate surface area is 152 Å². The molecular formula is C22H19N3O. The summed E-state index contributed by atoms with van der Waals surface area (Å²) in [5.41, 5.74) is 4.31. The Hall–Kier alpha value is -3.40. The fourth-order valence-electron chi connectivity index (χ4n) is 3.13. The largest absolute Gasteiger partial charge is 0.505 e. The van der Waals surface area contributed by atoms with Crippen LogP contribution in [0.1, 0.15) is 22.9 Å². The van der Waals surface area contributed by atoms with Crippen LogP contribution in [0.4, 0.5) is 5.69 Å². The van der Waals surface area contributed by atoms with Crippen molar-refractivity contribution in [2.45, 2.75) is 13.0 Å². The van der Waals surface area contributed by atoms with Gasteiger partial charge in [0.05, 0.1) is 11.7 Å². The van der Waals surface area contributed by atoms with E-state index >= 15 is 0 Å². The van der Waals surface area contributed by atoms with Crippen molar-refractivity contribution in [3.8, 4) is 5.75 Å². The Kier molecular flexibility index (Phi) is 4.23. The number of para-hydroxylation sites is 1.